The normalized spacial score (nSPS) is 20.6. The Labute approximate surface area is 295 Å². The molecule has 1 fully saturated rings. The summed E-state index contributed by atoms with van der Waals surface area (Å²) in [4.78, 5) is 5.01. The van der Waals surface area contributed by atoms with Gasteiger partial charge in [0, 0.05) is 34.1 Å². The van der Waals surface area contributed by atoms with Gasteiger partial charge in [0.1, 0.15) is 0 Å². The summed E-state index contributed by atoms with van der Waals surface area (Å²) in [6, 6.07) is 37.0. The van der Waals surface area contributed by atoms with Crippen molar-refractivity contribution in [3.8, 4) is 0 Å². The molecule has 2 unspecified atom stereocenters. The zero-order valence-electron chi connectivity index (χ0n) is 30.4. The monoisotopic (exact) mass is 646 g/mol. The lowest BCUT2D eigenvalue weighted by Gasteiger charge is -2.46. The molecule has 0 spiro atoms. The summed E-state index contributed by atoms with van der Waals surface area (Å²) in [6.45, 7) is 11.1. The van der Waals surface area contributed by atoms with Crippen LogP contribution in [0, 0.1) is 32.6 Å². The van der Waals surface area contributed by atoms with Crippen LogP contribution in [0.25, 0.3) is 0 Å². The molecule has 0 radical (unpaired) electrons. The van der Waals surface area contributed by atoms with Gasteiger partial charge in [-0.3, -0.25) is 0 Å². The van der Waals surface area contributed by atoms with Crippen LogP contribution in [0.5, 0.6) is 0 Å². The maximum absolute atomic E-state index is 2.59. The van der Waals surface area contributed by atoms with Crippen LogP contribution < -0.4 is 9.80 Å². The molecule has 3 aliphatic rings. The minimum absolute atomic E-state index is 0.241. The van der Waals surface area contributed by atoms with Crippen molar-refractivity contribution < 1.29 is 0 Å². The summed E-state index contributed by atoms with van der Waals surface area (Å²) in [5.74, 6) is 1.21. The van der Waals surface area contributed by atoms with E-state index in [9.17, 15) is 0 Å². The smallest absolute Gasteiger partial charge is 0.0458 e. The summed E-state index contributed by atoms with van der Waals surface area (Å²) in [7, 11) is 0. The van der Waals surface area contributed by atoms with Crippen LogP contribution in [0.1, 0.15) is 93.9 Å². The van der Waals surface area contributed by atoms with Crippen molar-refractivity contribution >= 4 is 22.7 Å². The highest BCUT2D eigenvalue weighted by atomic mass is 15.2. The fraction of sp³-hybridized carbons (Fsp3) is 0.362. The van der Waals surface area contributed by atoms with Gasteiger partial charge >= 0.3 is 0 Å². The summed E-state index contributed by atoms with van der Waals surface area (Å²) >= 11 is 0. The molecular weight excluding hydrogens is 593 g/mol. The van der Waals surface area contributed by atoms with Gasteiger partial charge in [-0.25, -0.2) is 0 Å². The molecule has 4 aromatic rings. The molecule has 0 aliphatic heterocycles. The third kappa shape index (κ3) is 6.93. The number of nitrogens with zero attached hydrogens (tertiary/aromatic N) is 2. The van der Waals surface area contributed by atoms with E-state index in [0.29, 0.717) is 11.8 Å². The van der Waals surface area contributed by atoms with Gasteiger partial charge < -0.3 is 9.80 Å². The van der Waals surface area contributed by atoms with E-state index in [0.717, 1.165) is 19.3 Å². The summed E-state index contributed by atoms with van der Waals surface area (Å²) in [5, 5.41) is 0. The fourth-order valence-corrected chi connectivity index (χ4v) is 8.73. The van der Waals surface area contributed by atoms with Crippen molar-refractivity contribution in [2.75, 3.05) is 9.80 Å². The van der Waals surface area contributed by atoms with E-state index in [4.69, 9.17) is 0 Å². The Bertz CT molecular complexity index is 1770. The molecule has 0 aromatic heterocycles. The zero-order chi connectivity index (χ0) is 34.0. The second-order valence-electron chi connectivity index (χ2n) is 15.3. The summed E-state index contributed by atoms with van der Waals surface area (Å²) in [5.41, 5.74) is 15.0. The van der Waals surface area contributed by atoms with E-state index in [1.807, 2.05) is 0 Å². The standard InChI is InChI=1S/C47H54N2/c1-34-9-20-41(21-10-34)48(42-22-11-35(2)12-23-42)44-27-16-39(17-28-44)47(31-7-6-8-32-47)40-18-29-45(30-19-40)49(43-24-13-36(3)14-25-43)46-26-15-37(4)38(5)33-46/h9-15,18-27,29-30,38-39H,6-8,16-17,28,31-33H2,1-5H3. The SMILES string of the molecule is CC1=CC=C(N(c2ccc(C)cc2)c2ccc(C3(C4CC=C(N(c5ccc(C)cc5)c5ccc(C)cc5)CC4)CCCCC3)cc2)CC1C. The molecule has 49 heavy (non-hydrogen) atoms. The molecule has 0 amide bonds. The van der Waals surface area contributed by atoms with Crippen molar-refractivity contribution in [2.24, 2.45) is 11.8 Å². The quantitative estimate of drug-likeness (QED) is 0.188. The average Bonchev–Trinajstić information content (AvgIpc) is 3.13. The van der Waals surface area contributed by atoms with Crippen LogP contribution in [-0.4, -0.2) is 0 Å². The third-order valence-corrected chi connectivity index (χ3v) is 11.9. The lowest BCUT2D eigenvalue weighted by molar-refractivity contribution is 0.176. The molecule has 0 heterocycles. The maximum atomic E-state index is 2.59. The number of hydrogen-bond acceptors (Lipinski definition) is 2. The van der Waals surface area contributed by atoms with Crippen LogP contribution >= 0.6 is 0 Å². The second-order valence-corrected chi connectivity index (χ2v) is 15.3. The molecule has 0 saturated heterocycles. The van der Waals surface area contributed by atoms with Crippen LogP contribution in [-0.2, 0) is 5.41 Å². The van der Waals surface area contributed by atoms with E-state index in [1.165, 1.54) is 94.9 Å². The van der Waals surface area contributed by atoms with E-state index < -0.39 is 0 Å². The number of rotatable bonds is 8. The van der Waals surface area contributed by atoms with Gasteiger partial charge in [-0.1, -0.05) is 109 Å². The molecule has 3 aliphatic carbocycles. The predicted molar refractivity (Wildman–Crippen MR) is 210 cm³/mol. The Morgan fingerprint density at radius 1 is 0.551 bits per heavy atom. The van der Waals surface area contributed by atoms with E-state index in [2.05, 4.69) is 160 Å². The molecule has 2 atom stereocenters. The minimum atomic E-state index is 0.241. The van der Waals surface area contributed by atoms with Gasteiger partial charge in [-0.15, -0.1) is 0 Å². The van der Waals surface area contributed by atoms with Crippen molar-refractivity contribution in [1.82, 2.24) is 0 Å². The first-order chi connectivity index (χ1) is 23.8. The molecule has 0 N–H and O–H groups in total. The molecule has 0 bridgehead atoms. The molecule has 7 rings (SSSR count). The first kappa shape index (κ1) is 33.2. The number of allylic oxidation sites excluding steroid dienone is 6. The van der Waals surface area contributed by atoms with Gasteiger partial charge in [-0.05, 0) is 144 Å². The summed E-state index contributed by atoms with van der Waals surface area (Å²) in [6.07, 6.45) is 18.4. The van der Waals surface area contributed by atoms with Crippen molar-refractivity contribution in [2.45, 2.75) is 97.8 Å². The highest BCUT2D eigenvalue weighted by molar-refractivity contribution is 5.71. The molecule has 1 saturated carbocycles. The second kappa shape index (κ2) is 14.3. The van der Waals surface area contributed by atoms with Crippen molar-refractivity contribution in [3.05, 3.63) is 155 Å². The molecular formula is C47H54N2. The molecule has 2 heteroatoms. The van der Waals surface area contributed by atoms with Gasteiger partial charge in [0.05, 0.1) is 0 Å². The van der Waals surface area contributed by atoms with Gasteiger partial charge in [0.25, 0.3) is 0 Å². The van der Waals surface area contributed by atoms with Gasteiger partial charge in [-0.2, -0.15) is 0 Å². The lowest BCUT2D eigenvalue weighted by atomic mass is 9.59. The van der Waals surface area contributed by atoms with Crippen LogP contribution in [0.4, 0.5) is 22.7 Å². The first-order valence-corrected chi connectivity index (χ1v) is 18.8. The van der Waals surface area contributed by atoms with Crippen LogP contribution in [0.3, 0.4) is 0 Å². The van der Waals surface area contributed by atoms with Crippen molar-refractivity contribution in [1.29, 1.82) is 0 Å². The predicted octanol–water partition coefficient (Wildman–Crippen LogP) is 13.3. The topological polar surface area (TPSA) is 6.48 Å². The molecule has 2 nitrogen and oxygen atoms in total. The number of hydrogen-bond donors (Lipinski definition) is 0. The van der Waals surface area contributed by atoms with E-state index >= 15 is 0 Å². The molecule has 4 aromatic carbocycles. The summed E-state index contributed by atoms with van der Waals surface area (Å²) < 4.78 is 0. The zero-order valence-corrected chi connectivity index (χ0v) is 30.4. The number of anilines is 4. The average molecular weight is 647 g/mol. The Morgan fingerprint density at radius 3 is 1.47 bits per heavy atom. The largest absolute Gasteiger partial charge is 0.315 e. The number of aryl methyl sites for hydroxylation is 3. The highest BCUT2D eigenvalue weighted by Gasteiger charge is 2.42. The number of benzene rings is 4. The Morgan fingerprint density at radius 2 is 1.02 bits per heavy atom. The Kier molecular flexibility index (Phi) is 9.68. The van der Waals surface area contributed by atoms with Crippen LogP contribution in [0.15, 0.2) is 132 Å². The maximum Gasteiger partial charge on any atom is 0.0458 e. The van der Waals surface area contributed by atoms with Crippen molar-refractivity contribution in [3.63, 3.8) is 0 Å². The minimum Gasteiger partial charge on any atom is -0.315 e. The fourth-order valence-electron chi connectivity index (χ4n) is 8.73. The van der Waals surface area contributed by atoms with Crippen LogP contribution in [0.2, 0.25) is 0 Å². The van der Waals surface area contributed by atoms with E-state index in [-0.39, 0.29) is 5.41 Å². The highest BCUT2D eigenvalue weighted by Crippen LogP contribution is 2.51. The van der Waals surface area contributed by atoms with E-state index in [1.54, 1.807) is 5.56 Å². The Hall–Kier alpha value is -4.30. The van der Waals surface area contributed by atoms with Gasteiger partial charge in [0.15, 0.2) is 0 Å². The van der Waals surface area contributed by atoms with Gasteiger partial charge in [0.2, 0.25) is 0 Å². The first-order valence-electron chi connectivity index (χ1n) is 18.8. The lowest BCUT2D eigenvalue weighted by Crippen LogP contribution is -2.39. The third-order valence-electron chi connectivity index (χ3n) is 11.9. The molecule has 252 valence electrons. The Balaban J connectivity index is 1.20.